The minimum absolute atomic E-state index is 0.0271. The minimum Gasteiger partial charge on any atom is -0.352 e. The SMILES string of the molecule is CC(C)(C)n1cc(C(=O)NC[C@@H]2CCCN(Cc3ccccc3)C2)cn1. The molecule has 1 aliphatic rings. The normalized spacial score (nSPS) is 18.7. The van der Waals surface area contributed by atoms with Gasteiger partial charge in [0.05, 0.1) is 17.3 Å². The van der Waals surface area contributed by atoms with Crippen molar-refractivity contribution in [1.29, 1.82) is 0 Å². The molecule has 0 unspecified atom stereocenters. The van der Waals surface area contributed by atoms with Crippen LogP contribution in [0.5, 0.6) is 0 Å². The van der Waals surface area contributed by atoms with Gasteiger partial charge in [-0.1, -0.05) is 30.3 Å². The number of hydrogen-bond acceptors (Lipinski definition) is 3. The first-order chi connectivity index (χ1) is 12.4. The third-order valence-corrected chi connectivity index (χ3v) is 4.94. The molecule has 1 atom stereocenters. The van der Waals surface area contributed by atoms with Gasteiger partial charge in [0.15, 0.2) is 0 Å². The summed E-state index contributed by atoms with van der Waals surface area (Å²) in [5, 5.41) is 7.41. The molecule has 1 amide bonds. The van der Waals surface area contributed by atoms with Crippen LogP contribution in [0.25, 0.3) is 0 Å². The van der Waals surface area contributed by atoms with Crippen molar-refractivity contribution in [3.8, 4) is 0 Å². The number of benzene rings is 1. The third kappa shape index (κ3) is 4.94. The van der Waals surface area contributed by atoms with Crippen LogP contribution >= 0.6 is 0 Å². The van der Waals surface area contributed by atoms with Crippen molar-refractivity contribution in [3.05, 3.63) is 53.9 Å². The maximum Gasteiger partial charge on any atom is 0.254 e. The van der Waals surface area contributed by atoms with Crippen LogP contribution in [-0.4, -0.2) is 40.2 Å². The highest BCUT2D eigenvalue weighted by molar-refractivity contribution is 5.93. The zero-order valence-electron chi connectivity index (χ0n) is 16.1. The Labute approximate surface area is 156 Å². The summed E-state index contributed by atoms with van der Waals surface area (Å²) in [5.41, 5.74) is 1.88. The van der Waals surface area contributed by atoms with Gasteiger partial charge in [-0.3, -0.25) is 14.4 Å². The Bertz CT molecular complexity index is 717. The van der Waals surface area contributed by atoms with Gasteiger partial charge in [0.2, 0.25) is 0 Å². The molecule has 2 aromatic rings. The second-order valence-electron chi connectivity index (χ2n) is 8.28. The molecule has 2 heterocycles. The molecule has 140 valence electrons. The van der Waals surface area contributed by atoms with Gasteiger partial charge in [0.25, 0.3) is 5.91 Å². The Balaban J connectivity index is 1.49. The Morgan fingerprint density at radius 1 is 1.27 bits per heavy atom. The van der Waals surface area contributed by atoms with Gasteiger partial charge in [-0.2, -0.15) is 5.10 Å². The molecule has 0 aliphatic carbocycles. The maximum absolute atomic E-state index is 12.4. The predicted octanol–water partition coefficient (Wildman–Crippen LogP) is 3.28. The van der Waals surface area contributed by atoms with Crippen LogP contribution in [0.3, 0.4) is 0 Å². The molecule has 0 saturated carbocycles. The largest absolute Gasteiger partial charge is 0.352 e. The molecule has 1 N–H and O–H groups in total. The fraction of sp³-hybridized carbons (Fsp3) is 0.524. The van der Waals surface area contributed by atoms with Gasteiger partial charge >= 0.3 is 0 Å². The maximum atomic E-state index is 12.4. The standard InChI is InChI=1S/C21H30N4O/c1-21(2,3)25-16-19(13-23-25)20(26)22-12-18-10-7-11-24(15-18)14-17-8-5-4-6-9-17/h4-6,8-9,13,16,18H,7,10-12,14-15H2,1-3H3,(H,22,26)/t18-/m0/s1. The van der Waals surface area contributed by atoms with Gasteiger partial charge in [0.1, 0.15) is 0 Å². The summed E-state index contributed by atoms with van der Waals surface area (Å²) < 4.78 is 1.84. The van der Waals surface area contributed by atoms with Gasteiger partial charge < -0.3 is 5.32 Å². The smallest absolute Gasteiger partial charge is 0.254 e. The summed E-state index contributed by atoms with van der Waals surface area (Å²) in [6.07, 6.45) is 5.85. The van der Waals surface area contributed by atoms with E-state index in [1.54, 1.807) is 6.20 Å². The van der Waals surface area contributed by atoms with Crippen LogP contribution in [0.1, 0.15) is 49.5 Å². The first-order valence-corrected chi connectivity index (χ1v) is 9.51. The Morgan fingerprint density at radius 3 is 2.73 bits per heavy atom. The van der Waals surface area contributed by atoms with Crippen LogP contribution in [0.2, 0.25) is 0 Å². The fourth-order valence-electron chi connectivity index (χ4n) is 3.45. The van der Waals surface area contributed by atoms with Crippen LogP contribution in [0, 0.1) is 5.92 Å². The zero-order valence-corrected chi connectivity index (χ0v) is 16.1. The van der Waals surface area contributed by atoms with Gasteiger partial charge in [-0.15, -0.1) is 0 Å². The summed E-state index contributed by atoms with van der Waals surface area (Å²) in [4.78, 5) is 14.9. The molecule has 1 saturated heterocycles. The van der Waals surface area contributed by atoms with E-state index in [2.05, 4.69) is 66.4 Å². The lowest BCUT2D eigenvalue weighted by Crippen LogP contribution is -2.40. The van der Waals surface area contributed by atoms with E-state index in [1.807, 2.05) is 10.9 Å². The highest BCUT2D eigenvalue weighted by Crippen LogP contribution is 2.18. The highest BCUT2D eigenvalue weighted by atomic mass is 16.1. The number of aromatic nitrogens is 2. The van der Waals surface area contributed by atoms with E-state index in [0.29, 0.717) is 11.5 Å². The van der Waals surface area contributed by atoms with Crippen molar-refractivity contribution in [2.45, 2.75) is 45.7 Å². The molecule has 0 spiro atoms. The summed E-state index contributed by atoms with van der Waals surface area (Å²) in [7, 11) is 0. The lowest BCUT2D eigenvalue weighted by Gasteiger charge is -2.32. The van der Waals surface area contributed by atoms with E-state index in [0.717, 1.165) is 26.2 Å². The number of carbonyl (C=O) groups excluding carboxylic acids is 1. The van der Waals surface area contributed by atoms with Crippen LogP contribution in [-0.2, 0) is 12.1 Å². The number of hydrogen-bond donors (Lipinski definition) is 1. The monoisotopic (exact) mass is 354 g/mol. The molecule has 5 heteroatoms. The summed E-state index contributed by atoms with van der Waals surface area (Å²) in [5.74, 6) is 0.481. The van der Waals surface area contributed by atoms with E-state index >= 15 is 0 Å². The Kier molecular flexibility index (Phi) is 5.77. The summed E-state index contributed by atoms with van der Waals surface area (Å²) in [6, 6.07) is 10.6. The highest BCUT2D eigenvalue weighted by Gasteiger charge is 2.21. The lowest BCUT2D eigenvalue weighted by atomic mass is 9.97. The first kappa shape index (κ1) is 18.6. The summed E-state index contributed by atoms with van der Waals surface area (Å²) >= 11 is 0. The second-order valence-corrected chi connectivity index (χ2v) is 8.28. The van der Waals surface area contributed by atoms with Crippen molar-refractivity contribution < 1.29 is 4.79 Å². The molecule has 0 bridgehead atoms. The number of amides is 1. The molecule has 3 rings (SSSR count). The molecular formula is C21H30N4O. The average Bonchev–Trinajstić information content (AvgIpc) is 3.12. The summed E-state index contributed by atoms with van der Waals surface area (Å²) in [6.45, 7) is 10.1. The fourth-order valence-corrected chi connectivity index (χ4v) is 3.45. The van der Waals surface area contributed by atoms with Crippen molar-refractivity contribution >= 4 is 5.91 Å². The topological polar surface area (TPSA) is 50.2 Å². The molecule has 0 radical (unpaired) electrons. The molecule has 1 aromatic heterocycles. The van der Waals surface area contributed by atoms with Crippen LogP contribution < -0.4 is 5.32 Å². The quantitative estimate of drug-likeness (QED) is 0.896. The number of likely N-dealkylation sites (tertiary alicyclic amines) is 1. The van der Waals surface area contributed by atoms with Gasteiger partial charge in [0, 0.05) is 25.8 Å². The predicted molar refractivity (Wildman–Crippen MR) is 104 cm³/mol. The van der Waals surface area contributed by atoms with Crippen molar-refractivity contribution in [3.63, 3.8) is 0 Å². The van der Waals surface area contributed by atoms with E-state index in [1.165, 1.54) is 18.4 Å². The zero-order chi connectivity index (χ0) is 18.6. The number of nitrogens with one attached hydrogen (secondary N) is 1. The molecule has 26 heavy (non-hydrogen) atoms. The molecule has 1 fully saturated rings. The van der Waals surface area contributed by atoms with Crippen molar-refractivity contribution in [2.75, 3.05) is 19.6 Å². The second kappa shape index (κ2) is 8.04. The van der Waals surface area contributed by atoms with Crippen LogP contribution in [0.4, 0.5) is 0 Å². The third-order valence-electron chi connectivity index (χ3n) is 4.94. The average molecular weight is 354 g/mol. The first-order valence-electron chi connectivity index (χ1n) is 9.51. The van der Waals surface area contributed by atoms with E-state index in [-0.39, 0.29) is 11.4 Å². The molecule has 5 nitrogen and oxygen atoms in total. The Hall–Kier alpha value is -2.14. The number of nitrogens with zero attached hydrogens (tertiary/aromatic N) is 3. The number of rotatable bonds is 5. The lowest BCUT2D eigenvalue weighted by molar-refractivity contribution is 0.0930. The molecule has 1 aromatic carbocycles. The molecule has 1 aliphatic heterocycles. The van der Waals surface area contributed by atoms with E-state index in [4.69, 9.17) is 0 Å². The van der Waals surface area contributed by atoms with Gasteiger partial charge in [-0.25, -0.2) is 0 Å². The van der Waals surface area contributed by atoms with Crippen LogP contribution in [0.15, 0.2) is 42.7 Å². The van der Waals surface area contributed by atoms with E-state index < -0.39 is 0 Å². The van der Waals surface area contributed by atoms with E-state index in [9.17, 15) is 4.79 Å². The minimum atomic E-state index is -0.111. The molecular weight excluding hydrogens is 324 g/mol. The number of piperidine rings is 1. The van der Waals surface area contributed by atoms with Gasteiger partial charge in [-0.05, 0) is 51.6 Å². The van der Waals surface area contributed by atoms with Crippen molar-refractivity contribution in [2.24, 2.45) is 5.92 Å². The van der Waals surface area contributed by atoms with Crippen molar-refractivity contribution in [1.82, 2.24) is 20.0 Å². The number of carbonyl (C=O) groups is 1. The Morgan fingerprint density at radius 2 is 2.04 bits per heavy atom.